The molecule has 4 aromatic carbocycles. The minimum Gasteiger partial charge on any atom is -0.298 e. The van der Waals surface area contributed by atoms with E-state index in [2.05, 4.69) is 48.5 Å². The molecule has 38 heavy (non-hydrogen) atoms. The molecule has 0 fully saturated rings. The molecule has 0 aliphatic heterocycles. The fourth-order valence-corrected chi connectivity index (χ4v) is 6.61. The van der Waals surface area contributed by atoms with Gasteiger partial charge in [0.05, 0.1) is 10.5 Å². The third kappa shape index (κ3) is 9.34. The van der Waals surface area contributed by atoms with Gasteiger partial charge in [-0.25, -0.2) is 0 Å². The van der Waals surface area contributed by atoms with Gasteiger partial charge in [0, 0.05) is 22.6 Å². The average Bonchev–Trinajstić information content (AvgIpc) is 2.98. The molecule has 2 atom stereocenters. The number of carbonyl (C=O) groups excluding carboxylic acids is 2. The van der Waals surface area contributed by atoms with Crippen LogP contribution in [-0.4, -0.2) is 22.1 Å². The third-order valence-electron chi connectivity index (χ3n) is 6.46. The molecule has 0 aliphatic carbocycles. The number of hydrogen-bond acceptors (Lipinski definition) is 4. The lowest BCUT2D eigenvalue weighted by Gasteiger charge is -2.18. The van der Waals surface area contributed by atoms with Gasteiger partial charge in [-0.15, -0.1) is 23.5 Å². The summed E-state index contributed by atoms with van der Waals surface area (Å²) < 4.78 is 0. The summed E-state index contributed by atoms with van der Waals surface area (Å²) in [5.41, 5.74) is 2.46. The van der Waals surface area contributed by atoms with E-state index in [1.54, 1.807) is 23.5 Å². The Labute approximate surface area is 235 Å². The van der Waals surface area contributed by atoms with E-state index in [0.717, 1.165) is 35.5 Å². The molecular weight excluding hydrogens is 505 g/mol. The number of aryl methyl sites for hydroxylation is 2. The van der Waals surface area contributed by atoms with Crippen LogP contribution < -0.4 is 0 Å². The largest absolute Gasteiger partial charge is 0.298 e. The Balaban J connectivity index is 1.39. The van der Waals surface area contributed by atoms with Crippen LogP contribution in [0.3, 0.4) is 0 Å². The Morgan fingerprint density at radius 1 is 0.474 bits per heavy atom. The maximum absolute atomic E-state index is 13.5. The third-order valence-corrected chi connectivity index (χ3v) is 9.11. The van der Waals surface area contributed by atoms with E-state index in [0.29, 0.717) is 0 Å². The van der Waals surface area contributed by atoms with Gasteiger partial charge in [0.25, 0.3) is 0 Å². The SMILES string of the molecule is O=C(CCC(=O)C(CCc1ccccc1)Sc1ccccc1)C(CCc1ccccc1)Sc1ccccc1. The van der Waals surface area contributed by atoms with Crippen LogP contribution >= 0.6 is 23.5 Å². The predicted molar refractivity (Wildman–Crippen MR) is 161 cm³/mol. The summed E-state index contributed by atoms with van der Waals surface area (Å²) in [5, 5.41) is -0.343. The number of Topliss-reactive ketones (excluding diaryl/α,β-unsaturated/α-hetero) is 2. The van der Waals surface area contributed by atoms with Crippen molar-refractivity contribution in [1.29, 1.82) is 0 Å². The zero-order valence-corrected chi connectivity index (χ0v) is 23.2. The lowest BCUT2D eigenvalue weighted by Crippen LogP contribution is -2.23. The summed E-state index contributed by atoms with van der Waals surface area (Å²) in [7, 11) is 0. The number of hydrogen-bond donors (Lipinski definition) is 0. The van der Waals surface area contributed by atoms with Crippen LogP contribution in [0.4, 0.5) is 0 Å². The summed E-state index contributed by atoms with van der Waals surface area (Å²) in [6, 6.07) is 40.8. The molecule has 0 aromatic heterocycles. The van der Waals surface area contributed by atoms with Crippen LogP contribution in [0.5, 0.6) is 0 Å². The van der Waals surface area contributed by atoms with Crippen molar-refractivity contribution < 1.29 is 9.59 Å². The lowest BCUT2D eigenvalue weighted by molar-refractivity contribution is -0.123. The maximum Gasteiger partial charge on any atom is 0.146 e. The minimum atomic E-state index is -0.171. The Hall–Kier alpha value is -3.08. The molecule has 0 aliphatic rings. The van der Waals surface area contributed by atoms with E-state index in [1.165, 1.54) is 11.1 Å². The number of thioether (sulfide) groups is 2. The van der Waals surface area contributed by atoms with E-state index < -0.39 is 0 Å². The highest BCUT2D eigenvalue weighted by atomic mass is 32.2. The molecule has 0 radical (unpaired) electrons. The Morgan fingerprint density at radius 3 is 1.13 bits per heavy atom. The van der Waals surface area contributed by atoms with Gasteiger partial charge in [-0.3, -0.25) is 9.59 Å². The molecule has 0 N–H and O–H groups in total. The van der Waals surface area contributed by atoms with Gasteiger partial charge >= 0.3 is 0 Å². The van der Waals surface area contributed by atoms with Gasteiger partial charge in [0.1, 0.15) is 11.6 Å². The second-order valence-corrected chi connectivity index (χ2v) is 11.9. The molecule has 0 saturated carbocycles. The molecule has 2 unspecified atom stereocenters. The van der Waals surface area contributed by atoms with E-state index in [1.807, 2.05) is 72.8 Å². The van der Waals surface area contributed by atoms with Crippen LogP contribution in [-0.2, 0) is 22.4 Å². The van der Waals surface area contributed by atoms with E-state index in [-0.39, 0.29) is 34.9 Å². The molecule has 2 nitrogen and oxygen atoms in total. The van der Waals surface area contributed by atoms with Crippen molar-refractivity contribution in [3.63, 3.8) is 0 Å². The van der Waals surface area contributed by atoms with Crippen LogP contribution in [0.15, 0.2) is 131 Å². The van der Waals surface area contributed by atoms with Gasteiger partial charge in [-0.05, 0) is 61.1 Å². The van der Waals surface area contributed by atoms with Crippen molar-refractivity contribution in [3.05, 3.63) is 132 Å². The zero-order valence-electron chi connectivity index (χ0n) is 21.6. The smallest absolute Gasteiger partial charge is 0.146 e. The first kappa shape index (κ1) is 27.9. The number of carbonyl (C=O) groups is 2. The first-order valence-electron chi connectivity index (χ1n) is 13.2. The average molecular weight is 539 g/mol. The second-order valence-electron chi connectivity index (χ2n) is 9.32. The standard InChI is InChI=1S/C34H34O2S2/c35-31(33(37-29-17-9-3-10-18-29)25-21-27-13-5-1-6-14-27)23-24-32(36)34(38-30-19-11-4-12-20-30)26-22-28-15-7-2-8-16-28/h1-20,33-34H,21-26H2. The van der Waals surface area contributed by atoms with Crippen molar-refractivity contribution >= 4 is 35.1 Å². The summed E-state index contributed by atoms with van der Waals surface area (Å²) in [6.07, 6.45) is 3.77. The summed E-state index contributed by atoms with van der Waals surface area (Å²) in [6.45, 7) is 0. The highest BCUT2D eigenvalue weighted by molar-refractivity contribution is 8.01. The molecule has 4 aromatic rings. The minimum absolute atomic E-state index is 0.162. The summed E-state index contributed by atoms with van der Waals surface area (Å²) >= 11 is 3.24. The molecule has 0 bridgehead atoms. The quantitative estimate of drug-likeness (QED) is 0.142. The van der Waals surface area contributed by atoms with Gasteiger partial charge < -0.3 is 0 Å². The van der Waals surface area contributed by atoms with Gasteiger partial charge in [0.15, 0.2) is 0 Å². The van der Waals surface area contributed by atoms with Crippen LogP contribution in [0.25, 0.3) is 0 Å². The topological polar surface area (TPSA) is 34.1 Å². The highest BCUT2D eigenvalue weighted by Crippen LogP contribution is 2.31. The van der Waals surface area contributed by atoms with Gasteiger partial charge in [-0.1, -0.05) is 97.1 Å². The molecule has 4 heteroatoms. The van der Waals surface area contributed by atoms with Crippen molar-refractivity contribution in [2.75, 3.05) is 0 Å². The fourth-order valence-electron chi connectivity index (χ4n) is 4.35. The van der Waals surface area contributed by atoms with Crippen LogP contribution in [0.2, 0.25) is 0 Å². The van der Waals surface area contributed by atoms with E-state index >= 15 is 0 Å². The van der Waals surface area contributed by atoms with Crippen molar-refractivity contribution in [2.24, 2.45) is 0 Å². The van der Waals surface area contributed by atoms with Crippen molar-refractivity contribution in [3.8, 4) is 0 Å². The number of benzene rings is 4. The molecule has 0 amide bonds. The Kier molecular flexibility index (Phi) is 11.3. The van der Waals surface area contributed by atoms with Crippen LogP contribution in [0, 0.1) is 0 Å². The zero-order chi connectivity index (χ0) is 26.4. The summed E-state index contributed by atoms with van der Waals surface area (Å²) in [5.74, 6) is 0.323. The Morgan fingerprint density at radius 2 is 0.789 bits per heavy atom. The monoisotopic (exact) mass is 538 g/mol. The highest BCUT2D eigenvalue weighted by Gasteiger charge is 2.24. The lowest BCUT2D eigenvalue weighted by atomic mass is 10.0. The first-order chi connectivity index (χ1) is 18.7. The van der Waals surface area contributed by atoms with Gasteiger partial charge in [0.2, 0.25) is 0 Å². The number of ketones is 2. The summed E-state index contributed by atoms with van der Waals surface area (Å²) in [4.78, 5) is 29.1. The fraction of sp³-hybridized carbons (Fsp3) is 0.235. The van der Waals surface area contributed by atoms with Crippen molar-refractivity contribution in [1.82, 2.24) is 0 Å². The maximum atomic E-state index is 13.5. The Bertz CT molecular complexity index is 1140. The molecule has 4 rings (SSSR count). The number of rotatable bonds is 15. The van der Waals surface area contributed by atoms with Crippen molar-refractivity contribution in [2.45, 2.75) is 58.8 Å². The molecule has 0 saturated heterocycles. The predicted octanol–water partition coefficient (Wildman–Crippen LogP) is 8.49. The normalized spacial score (nSPS) is 12.5. The molecule has 194 valence electrons. The van der Waals surface area contributed by atoms with Gasteiger partial charge in [-0.2, -0.15) is 0 Å². The van der Waals surface area contributed by atoms with E-state index in [9.17, 15) is 9.59 Å². The second kappa shape index (κ2) is 15.4. The molecule has 0 spiro atoms. The van der Waals surface area contributed by atoms with E-state index in [4.69, 9.17) is 0 Å². The van der Waals surface area contributed by atoms with Crippen LogP contribution in [0.1, 0.15) is 36.8 Å². The first-order valence-corrected chi connectivity index (χ1v) is 15.0. The molecular formula is C34H34O2S2. The molecule has 0 heterocycles.